The van der Waals surface area contributed by atoms with Gasteiger partial charge in [-0.3, -0.25) is 4.79 Å². The number of nitrogens with zero attached hydrogens (tertiary/aromatic N) is 3. The van der Waals surface area contributed by atoms with Gasteiger partial charge in [-0.05, 0) is 6.42 Å². The van der Waals surface area contributed by atoms with E-state index in [4.69, 9.17) is 0 Å². The second-order valence-electron chi connectivity index (χ2n) is 3.35. The molecule has 1 aliphatic rings. The predicted octanol–water partition coefficient (Wildman–Crippen LogP) is 0.151. The van der Waals surface area contributed by atoms with Crippen LogP contribution in [-0.4, -0.2) is 20.5 Å². The fourth-order valence-electron chi connectivity index (χ4n) is 1.40. The molecule has 14 heavy (non-hydrogen) atoms. The minimum Gasteiger partial charge on any atom is -0.381 e. The molecule has 0 spiro atoms. The number of aromatic nitrogens is 3. The average molecular weight is 192 g/mol. The zero-order chi connectivity index (χ0) is 9.97. The third-order valence-electron chi connectivity index (χ3n) is 2.25. The van der Waals surface area contributed by atoms with Crippen LogP contribution in [0.3, 0.4) is 0 Å². The van der Waals surface area contributed by atoms with Crippen molar-refractivity contribution in [1.82, 2.24) is 20.1 Å². The van der Waals surface area contributed by atoms with Gasteiger partial charge in [0.25, 0.3) is 0 Å². The van der Waals surface area contributed by atoms with Gasteiger partial charge in [0, 0.05) is 25.2 Å². The van der Waals surface area contributed by atoms with Crippen LogP contribution in [0.25, 0.3) is 0 Å². The van der Waals surface area contributed by atoms with Gasteiger partial charge in [-0.2, -0.15) is 0 Å². The molecule has 0 radical (unpaired) electrons. The summed E-state index contributed by atoms with van der Waals surface area (Å²) in [4.78, 5) is 10.9. The molecule has 0 fully saturated rings. The molecular weight excluding hydrogens is 180 g/mol. The van der Waals surface area contributed by atoms with Gasteiger partial charge in [0.1, 0.15) is 6.33 Å². The summed E-state index contributed by atoms with van der Waals surface area (Å²) < 4.78 is 1.85. The van der Waals surface area contributed by atoms with Crippen molar-refractivity contribution in [2.24, 2.45) is 7.05 Å². The van der Waals surface area contributed by atoms with Gasteiger partial charge in [-0.1, -0.05) is 0 Å². The summed E-state index contributed by atoms with van der Waals surface area (Å²) >= 11 is 0. The highest BCUT2D eigenvalue weighted by molar-refractivity contribution is 5.92. The quantitative estimate of drug-likeness (QED) is 0.740. The van der Waals surface area contributed by atoms with Crippen LogP contribution in [0.15, 0.2) is 18.1 Å². The molecule has 5 nitrogen and oxygen atoms in total. The number of hydrogen-bond donors (Lipinski definition) is 1. The molecule has 0 aliphatic heterocycles. The third kappa shape index (κ3) is 1.81. The summed E-state index contributed by atoms with van der Waals surface area (Å²) in [6.07, 6.45) is 4.76. The maximum absolute atomic E-state index is 10.9. The molecular formula is C9H12N4O. The van der Waals surface area contributed by atoms with E-state index in [1.807, 2.05) is 11.6 Å². The van der Waals surface area contributed by atoms with Crippen LogP contribution in [-0.2, 0) is 18.4 Å². The van der Waals surface area contributed by atoms with Crippen LogP contribution in [0.4, 0.5) is 0 Å². The first-order valence-electron chi connectivity index (χ1n) is 4.56. The van der Waals surface area contributed by atoms with Crippen molar-refractivity contribution < 1.29 is 4.79 Å². The molecule has 2 rings (SSSR count). The van der Waals surface area contributed by atoms with Crippen molar-refractivity contribution >= 4 is 5.78 Å². The number of ketones is 1. The molecule has 1 aromatic heterocycles. The smallest absolute Gasteiger partial charge is 0.157 e. The van der Waals surface area contributed by atoms with Gasteiger partial charge in [0.05, 0.1) is 6.54 Å². The SMILES string of the molecule is Cn1cnnc1CNC1=CC(=O)CC1. The second kappa shape index (κ2) is 3.61. The molecule has 1 aromatic rings. The summed E-state index contributed by atoms with van der Waals surface area (Å²) in [5.74, 6) is 1.07. The molecule has 1 aliphatic carbocycles. The van der Waals surface area contributed by atoms with Crippen LogP contribution in [0.5, 0.6) is 0 Å². The zero-order valence-corrected chi connectivity index (χ0v) is 8.03. The fourth-order valence-corrected chi connectivity index (χ4v) is 1.40. The van der Waals surface area contributed by atoms with Crippen molar-refractivity contribution in [2.75, 3.05) is 0 Å². The highest BCUT2D eigenvalue weighted by Crippen LogP contribution is 2.11. The normalized spacial score (nSPS) is 15.8. The lowest BCUT2D eigenvalue weighted by atomic mass is 10.3. The summed E-state index contributed by atoms with van der Waals surface area (Å²) in [6.45, 7) is 0.621. The van der Waals surface area contributed by atoms with Crippen molar-refractivity contribution in [2.45, 2.75) is 19.4 Å². The van der Waals surface area contributed by atoms with Crippen LogP contribution in [0.1, 0.15) is 18.7 Å². The summed E-state index contributed by atoms with van der Waals surface area (Å²) in [6, 6.07) is 0. The molecule has 0 atom stereocenters. The lowest BCUT2D eigenvalue weighted by Gasteiger charge is -2.04. The number of rotatable bonds is 3. The first-order valence-corrected chi connectivity index (χ1v) is 4.56. The Labute approximate surface area is 81.8 Å². The molecule has 0 saturated heterocycles. The van der Waals surface area contributed by atoms with E-state index in [9.17, 15) is 4.79 Å². The molecule has 0 unspecified atom stereocenters. The van der Waals surface area contributed by atoms with Crippen molar-refractivity contribution in [1.29, 1.82) is 0 Å². The Balaban J connectivity index is 1.92. The van der Waals surface area contributed by atoms with Gasteiger partial charge in [-0.15, -0.1) is 10.2 Å². The van der Waals surface area contributed by atoms with E-state index < -0.39 is 0 Å². The van der Waals surface area contributed by atoms with E-state index in [1.54, 1.807) is 12.4 Å². The molecule has 1 heterocycles. The Morgan fingerprint density at radius 2 is 2.43 bits per heavy atom. The number of carbonyl (C=O) groups excluding carboxylic acids is 1. The number of allylic oxidation sites excluding steroid dienone is 2. The van der Waals surface area contributed by atoms with Crippen molar-refractivity contribution in [3.05, 3.63) is 23.9 Å². The third-order valence-corrected chi connectivity index (χ3v) is 2.25. The second-order valence-corrected chi connectivity index (χ2v) is 3.35. The molecule has 74 valence electrons. The minimum atomic E-state index is 0.200. The van der Waals surface area contributed by atoms with E-state index in [0.717, 1.165) is 17.9 Å². The Kier molecular flexibility index (Phi) is 2.30. The van der Waals surface area contributed by atoms with Gasteiger partial charge < -0.3 is 9.88 Å². The molecule has 0 saturated carbocycles. The highest BCUT2D eigenvalue weighted by Gasteiger charge is 2.11. The Hall–Kier alpha value is -1.65. The van der Waals surface area contributed by atoms with E-state index in [-0.39, 0.29) is 5.78 Å². The van der Waals surface area contributed by atoms with E-state index in [1.165, 1.54) is 0 Å². The standard InChI is InChI=1S/C9H12N4O/c1-13-6-11-12-9(13)5-10-7-2-3-8(14)4-7/h4,6,10H,2-3,5H2,1H3. The van der Waals surface area contributed by atoms with Crippen LogP contribution in [0.2, 0.25) is 0 Å². The fraction of sp³-hybridized carbons (Fsp3) is 0.444. The van der Waals surface area contributed by atoms with Crippen molar-refractivity contribution in [3.8, 4) is 0 Å². The first-order chi connectivity index (χ1) is 6.75. The Morgan fingerprint density at radius 1 is 1.57 bits per heavy atom. The minimum absolute atomic E-state index is 0.200. The Morgan fingerprint density at radius 3 is 3.00 bits per heavy atom. The highest BCUT2D eigenvalue weighted by atomic mass is 16.1. The van der Waals surface area contributed by atoms with E-state index in [2.05, 4.69) is 15.5 Å². The monoisotopic (exact) mass is 192 g/mol. The van der Waals surface area contributed by atoms with E-state index >= 15 is 0 Å². The van der Waals surface area contributed by atoms with Gasteiger partial charge in [0.15, 0.2) is 11.6 Å². The van der Waals surface area contributed by atoms with Gasteiger partial charge >= 0.3 is 0 Å². The first kappa shape index (κ1) is 8.93. The van der Waals surface area contributed by atoms with Crippen LogP contribution in [0, 0.1) is 0 Å². The number of aryl methyl sites for hydroxylation is 1. The number of nitrogens with one attached hydrogen (secondary N) is 1. The molecule has 1 N–H and O–H groups in total. The van der Waals surface area contributed by atoms with Crippen LogP contribution >= 0.6 is 0 Å². The van der Waals surface area contributed by atoms with Gasteiger partial charge in [0.2, 0.25) is 0 Å². The Bertz CT molecular complexity index is 380. The molecule has 0 amide bonds. The van der Waals surface area contributed by atoms with E-state index in [0.29, 0.717) is 13.0 Å². The maximum Gasteiger partial charge on any atom is 0.157 e. The van der Waals surface area contributed by atoms with Crippen LogP contribution < -0.4 is 5.32 Å². The predicted molar refractivity (Wildman–Crippen MR) is 50.2 cm³/mol. The lowest BCUT2D eigenvalue weighted by molar-refractivity contribution is -0.114. The summed E-state index contributed by atoms with van der Waals surface area (Å²) in [5, 5.41) is 10.9. The average Bonchev–Trinajstić information content (AvgIpc) is 2.72. The molecule has 5 heteroatoms. The molecule has 0 aromatic carbocycles. The zero-order valence-electron chi connectivity index (χ0n) is 8.03. The lowest BCUT2D eigenvalue weighted by Crippen LogP contribution is -2.14. The number of hydrogen-bond acceptors (Lipinski definition) is 4. The molecule has 0 bridgehead atoms. The summed E-state index contributed by atoms with van der Waals surface area (Å²) in [7, 11) is 1.89. The number of carbonyl (C=O) groups is 1. The largest absolute Gasteiger partial charge is 0.381 e. The maximum atomic E-state index is 10.9. The topological polar surface area (TPSA) is 59.8 Å². The van der Waals surface area contributed by atoms with Crippen molar-refractivity contribution in [3.63, 3.8) is 0 Å². The summed E-state index contributed by atoms with van der Waals surface area (Å²) in [5.41, 5.74) is 0.998. The van der Waals surface area contributed by atoms with Gasteiger partial charge in [-0.25, -0.2) is 0 Å².